The topological polar surface area (TPSA) is 78.9 Å². The molecule has 6 heteroatoms. The fourth-order valence-corrected chi connectivity index (χ4v) is 7.04. The van der Waals surface area contributed by atoms with Gasteiger partial charge in [0.1, 0.15) is 13.2 Å². The van der Waals surface area contributed by atoms with Gasteiger partial charge < -0.3 is 14.2 Å². The average molecular weight is 980 g/mol. The summed E-state index contributed by atoms with van der Waals surface area (Å²) in [4.78, 5) is 38.1. The van der Waals surface area contributed by atoms with Crippen molar-refractivity contribution in [2.75, 3.05) is 13.2 Å². The Morgan fingerprint density at radius 1 is 0.296 bits per heavy atom. The minimum absolute atomic E-state index is 0.126. The first kappa shape index (κ1) is 66.3. The molecule has 0 heterocycles. The highest BCUT2D eigenvalue weighted by Gasteiger charge is 2.19. The fourth-order valence-electron chi connectivity index (χ4n) is 7.04. The summed E-state index contributed by atoms with van der Waals surface area (Å²) in [5.74, 6) is -1.03. The van der Waals surface area contributed by atoms with Gasteiger partial charge in [-0.1, -0.05) is 205 Å². The van der Waals surface area contributed by atoms with Crippen molar-refractivity contribution in [1.82, 2.24) is 0 Å². The molecule has 0 unspecified atom stereocenters. The van der Waals surface area contributed by atoms with Crippen LogP contribution in [0.1, 0.15) is 226 Å². The Hall–Kier alpha value is -4.71. The van der Waals surface area contributed by atoms with Crippen molar-refractivity contribution in [3.05, 3.63) is 146 Å². The fraction of sp³-hybridized carbons (Fsp3) is 0.585. The van der Waals surface area contributed by atoms with Crippen molar-refractivity contribution in [2.24, 2.45) is 0 Å². The van der Waals surface area contributed by atoms with Crippen LogP contribution in [0.3, 0.4) is 0 Å². The Kier molecular flexibility index (Phi) is 54.0. The Balaban J connectivity index is 4.60. The molecule has 0 fully saturated rings. The van der Waals surface area contributed by atoms with E-state index in [4.69, 9.17) is 14.2 Å². The highest BCUT2D eigenvalue weighted by Crippen LogP contribution is 2.11. The number of esters is 3. The number of hydrogen-bond acceptors (Lipinski definition) is 6. The zero-order valence-corrected chi connectivity index (χ0v) is 45.4. The zero-order chi connectivity index (χ0) is 51.4. The Labute approximate surface area is 436 Å². The van der Waals surface area contributed by atoms with Gasteiger partial charge in [0, 0.05) is 19.3 Å². The second-order valence-electron chi connectivity index (χ2n) is 18.1. The number of unbranched alkanes of at least 4 members (excludes halogenated alkanes) is 14. The first-order chi connectivity index (χ1) is 35.0. The van der Waals surface area contributed by atoms with Gasteiger partial charge in [-0.15, -0.1) is 0 Å². The van der Waals surface area contributed by atoms with Gasteiger partial charge in [-0.05, 0) is 148 Å². The standard InChI is InChI=1S/C65H102O6/c1-4-7-10-13-16-19-22-25-28-30-32-34-37-40-43-46-49-52-55-58-64(67)70-61-62(60-69-63(66)57-54-51-48-45-42-39-36-27-24-21-18-15-12-9-6-3)71-65(68)59-56-53-50-47-44-41-38-35-33-31-29-26-23-20-17-14-11-8-5-2/h8,11,16-21,25-29,32-36,40-45,62H,4-7,9-10,12-15,22-24,30-31,37-39,46-61H2,1-3H3/b11-8-,19-16-,20-17-,21-18-,28-25-,29-26-,34-32-,35-33-,36-27-,43-40-,44-41-,45-42-/t62-/m0/s1. The van der Waals surface area contributed by atoms with Crippen molar-refractivity contribution in [3.8, 4) is 0 Å². The first-order valence-electron chi connectivity index (χ1n) is 28.3. The molecule has 1 atom stereocenters. The van der Waals surface area contributed by atoms with Gasteiger partial charge in [0.05, 0.1) is 0 Å². The minimum Gasteiger partial charge on any atom is -0.462 e. The van der Waals surface area contributed by atoms with E-state index in [0.29, 0.717) is 19.3 Å². The second kappa shape index (κ2) is 57.9. The van der Waals surface area contributed by atoms with Gasteiger partial charge in [-0.2, -0.15) is 0 Å². The number of carbonyl (C=O) groups is 3. The summed E-state index contributed by atoms with van der Waals surface area (Å²) in [7, 11) is 0. The molecule has 398 valence electrons. The minimum atomic E-state index is -0.832. The molecule has 0 saturated heterocycles. The normalized spacial score (nSPS) is 13.2. The van der Waals surface area contributed by atoms with Gasteiger partial charge in [0.2, 0.25) is 0 Å². The molecular formula is C65H102O6. The maximum absolute atomic E-state index is 12.9. The predicted molar refractivity (Wildman–Crippen MR) is 306 cm³/mol. The van der Waals surface area contributed by atoms with Crippen LogP contribution in [0.4, 0.5) is 0 Å². The van der Waals surface area contributed by atoms with Gasteiger partial charge in [-0.25, -0.2) is 0 Å². The molecule has 0 saturated carbocycles. The zero-order valence-electron chi connectivity index (χ0n) is 45.4. The largest absolute Gasteiger partial charge is 0.462 e. The molecule has 0 rings (SSSR count). The molecule has 0 amide bonds. The van der Waals surface area contributed by atoms with Crippen LogP contribution in [-0.4, -0.2) is 37.2 Å². The first-order valence-corrected chi connectivity index (χ1v) is 28.3. The summed E-state index contributed by atoms with van der Waals surface area (Å²) in [5.41, 5.74) is 0. The van der Waals surface area contributed by atoms with Crippen molar-refractivity contribution in [2.45, 2.75) is 232 Å². The molecule has 0 aliphatic rings. The summed E-state index contributed by atoms with van der Waals surface area (Å²) in [6.45, 7) is 6.36. The van der Waals surface area contributed by atoms with Gasteiger partial charge in [0.15, 0.2) is 6.10 Å². The third kappa shape index (κ3) is 56.1. The smallest absolute Gasteiger partial charge is 0.306 e. The molecule has 0 radical (unpaired) electrons. The third-order valence-corrected chi connectivity index (χ3v) is 11.3. The maximum Gasteiger partial charge on any atom is 0.306 e. The van der Waals surface area contributed by atoms with E-state index in [1.807, 2.05) is 0 Å². The molecule has 71 heavy (non-hydrogen) atoms. The van der Waals surface area contributed by atoms with Crippen LogP contribution in [0.5, 0.6) is 0 Å². The Morgan fingerprint density at radius 2 is 0.549 bits per heavy atom. The Bertz CT molecular complexity index is 1590. The van der Waals surface area contributed by atoms with Crippen molar-refractivity contribution in [3.63, 3.8) is 0 Å². The number of ether oxygens (including phenoxy) is 3. The van der Waals surface area contributed by atoms with E-state index in [2.05, 4.69) is 167 Å². The second-order valence-corrected chi connectivity index (χ2v) is 18.1. The Morgan fingerprint density at radius 3 is 0.859 bits per heavy atom. The molecule has 0 aliphatic carbocycles. The van der Waals surface area contributed by atoms with Crippen LogP contribution in [0.15, 0.2) is 146 Å². The van der Waals surface area contributed by atoms with E-state index in [-0.39, 0.29) is 44.0 Å². The molecular weight excluding hydrogens is 877 g/mol. The summed E-state index contributed by atoms with van der Waals surface area (Å²) in [5, 5.41) is 0. The van der Waals surface area contributed by atoms with Crippen LogP contribution in [0.25, 0.3) is 0 Å². The molecule has 0 aliphatic heterocycles. The average Bonchev–Trinajstić information content (AvgIpc) is 3.37. The van der Waals surface area contributed by atoms with Gasteiger partial charge in [-0.3, -0.25) is 14.4 Å². The molecule has 0 bridgehead atoms. The van der Waals surface area contributed by atoms with E-state index in [9.17, 15) is 14.4 Å². The van der Waals surface area contributed by atoms with Crippen LogP contribution in [0.2, 0.25) is 0 Å². The summed E-state index contributed by atoms with van der Waals surface area (Å²) >= 11 is 0. The molecule has 0 aromatic heterocycles. The lowest BCUT2D eigenvalue weighted by Crippen LogP contribution is -2.30. The van der Waals surface area contributed by atoms with E-state index >= 15 is 0 Å². The number of carbonyl (C=O) groups excluding carboxylic acids is 3. The third-order valence-electron chi connectivity index (χ3n) is 11.3. The summed E-state index contributed by atoms with van der Waals surface area (Å²) < 4.78 is 16.8. The summed E-state index contributed by atoms with van der Waals surface area (Å²) in [6, 6.07) is 0. The molecule has 0 spiro atoms. The number of hydrogen-bond donors (Lipinski definition) is 0. The SMILES string of the molecule is CC/C=C\C/C=C\C/C=C\C/C=C\C/C=C\CCCCCC(=O)O[C@@H](COC(=O)CCCC/C=C\C/C=C\C/C=C\CCCCC)COC(=O)CCCCC/C=C\C/C=C\C/C=C\C/C=C\CCCCC. The maximum atomic E-state index is 12.9. The quantitative estimate of drug-likeness (QED) is 0.0262. The lowest BCUT2D eigenvalue weighted by Gasteiger charge is -2.18. The number of rotatable bonds is 49. The van der Waals surface area contributed by atoms with Gasteiger partial charge in [0.25, 0.3) is 0 Å². The lowest BCUT2D eigenvalue weighted by atomic mass is 10.1. The van der Waals surface area contributed by atoms with E-state index < -0.39 is 6.10 Å². The summed E-state index contributed by atoms with van der Waals surface area (Å²) in [6.07, 6.45) is 82.6. The molecule has 0 aromatic carbocycles. The lowest BCUT2D eigenvalue weighted by molar-refractivity contribution is -0.167. The highest BCUT2D eigenvalue weighted by atomic mass is 16.6. The van der Waals surface area contributed by atoms with Crippen molar-refractivity contribution < 1.29 is 28.6 Å². The number of allylic oxidation sites excluding steroid dienone is 24. The van der Waals surface area contributed by atoms with Crippen molar-refractivity contribution >= 4 is 17.9 Å². The van der Waals surface area contributed by atoms with Crippen LogP contribution < -0.4 is 0 Å². The van der Waals surface area contributed by atoms with E-state index in [1.54, 1.807) is 0 Å². The monoisotopic (exact) mass is 979 g/mol. The molecule has 6 nitrogen and oxygen atoms in total. The molecule has 0 aromatic rings. The van der Waals surface area contributed by atoms with E-state index in [0.717, 1.165) is 122 Å². The molecule has 0 N–H and O–H groups in total. The van der Waals surface area contributed by atoms with Gasteiger partial charge >= 0.3 is 17.9 Å². The van der Waals surface area contributed by atoms with Crippen LogP contribution >= 0.6 is 0 Å². The van der Waals surface area contributed by atoms with Crippen LogP contribution in [0, 0.1) is 0 Å². The highest BCUT2D eigenvalue weighted by molar-refractivity contribution is 5.71. The van der Waals surface area contributed by atoms with Crippen molar-refractivity contribution in [1.29, 1.82) is 0 Å². The van der Waals surface area contributed by atoms with Crippen LogP contribution in [-0.2, 0) is 28.6 Å². The van der Waals surface area contributed by atoms with E-state index in [1.165, 1.54) is 51.4 Å². The predicted octanol–water partition coefficient (Wildman–Crippen LogP) is 19.2.